The third kappa shape index (κ3) is 5.55. The molecule has 1 aromatic carbocycles. The van der Waals surface area contributed by atoms with E-state index in [0.717, 1.165) is 49.4 Å². The number of amides is 1. The molecule has 0 radical (unpaired) electrons. The summed E-state index contributed by atoms with van der Waals surface area (Å²) >= 11 is 0. The van der Waals surface area contributed by atoms with E-state index in [0.29, 0.717) is 19.6 Å². The normalized spacial score (nSPS) is 17.0. The minimum atomic E-state index is 0.142. The molecule has 1 aromatic heterocycles. The second-order valence-corrected chi connectivity index (χ2v) is 7.47. The lowest BCUT2D eigenvalue weighted by atomic mass is 10.1. The molecule has 1 saturated heterocycles. The number of hydrogen-bond donors (Lipinski definition) is 1. The predicted molar refractivity (Wildman–Crippen MR) is 111 cm³/mol. The summed E-state index contributed by atoms with van der Waals surface area (Å²) in [6.07, 6.45) is 5.27. The van der Waals surface area contributed by atoms with Gasteiger partial charge in [-0.15, -0.1) is 0 Å². The molecule has 1 aliphatic rings. The molecule has 5 heteroatoms. The molecule has 1 N–H and O–H groups in total. The van der Waals surface area contributed by atoms with Gasteiger partial charge in [0.1, 0.15) is 5.75 Å². The lowest BCUT2D eigenvalue weighted by Crippen LogP contribution is -2.41. The lowest BCUT2D eigenvalue weighted by Gasteiger charge is -2.31. The van der Waals surface area contributed by atoms with E-state index < -0.39 is 0 Å². The number of aryl methyl sites for hydroxylation is 1. The maximum atomic E-state index is 13.1. The van der Waals surface area contributed by atoms with Crippen molar-refractivity contribution < 1.29 is 9.53 Å². The van der Waals surface area contributed by atoms with Crippen LogP contribution in [0.1, 0.15) is 42.5 Å². The molecule has 3 rings (SSSR count). The van der Waals surface area contributed by atoms with E-state index in [1.807, 2.05) is 35.2 Å². The van der Waals surface area contributed by atoms with Gasteiger partial charge in [-0.05, 0) is 75.5 Å². The topological polar surface area (TPSA) is 54.5 Å². The maximum Gasteiger partial charge on any atom is 0.226 e. The van der Waals surface area contributed by atoms with Crippen LogP contribution in [0.3, 0.4) is 0 Å². The zero-order valence-corrected chi connectivity index (χ0v) is 17.0. The van der Waals surface area contributed by atoms with E-state index in [1.54, 1.807) is 6.20 Å². The highest BCUT2D eigenvalue weighted by atomic mass is 16.5. The number of carbonyl (C=O) groups excluding carboxylic acids is 1. The zero-order chi connectivity index (χ0) is 19.8. The molecule has 2 aromatic rings. The van der Waals surface area contributed by atoms with Crippen LogP contribution in [-0.4, -0.2) is 41.5 Å². The Kier molecular flexibility index (Phi) is 7.43. The van der Waals surface area contributed by atoms with Crippen LogP contribution in [0, 0.1) is 13.8 Å². The first-order valence-corrected chi connectivity index (χ1v) is 10.2. The van der Waals surface area contributed by atoms with Crippen molar-refractivity contribution in [3.8, 4) is 5.75 Å². The second kappa shape index (κ2) is 10.2. The molecular weight excluding hydrogens is 350 g/mol. The molecule has 0 saturated carbocycles. The predicted octanol–water partition coefficient (Wildman–Crippen LogP) is 3.64. The molecule has 1 atom stereocenters. The van der Waals surface area contributed by atoms with Crippen LogP contribution in [0.4, 0.5) is 0 Å². The van der Waals surface area contributed by atoms with Gasteiger partial charge in [-0.25, -0.2) is 0 Å². The Hall–Kier alpha value is -2.40. The van der Waals surface area contributed by atoms with Crippen LogP contribution >= 0.6 is 0 Å². The summed E-state index contributed by atoms with van der Waals surface area (Å²) < 4.78 is 5.93. The number of hydrogen-bond acceptors (Lipinski definition) is 4. The average Bonchev–Trinajstić information content (AvgIpc) is 2.99. The number of rotatable bonds is 7. The van der Waals surface area contributed by atoms with Crippen molar-refractivity contribution >= 4 is 5.91 Å². The quantitative estimate of drug-likeness (QED) is 0.796. The van der Waals surface area contributed by atoms with Gasteiger partial charge in [0, 0.05) is 12.2 Å². The molecule has 1 amide bonds. The van der Waals surface area contributed by atoms with Crippen molar-refractivity contribution in [2.45, 2.75) is 52.1 Å². The van der Waals surface area contributed by atoms with Gasteiger partial charge in [0.25, 0.3) is 0 Å². The lowest BCUT2D eigenvalue weighted by molar-refractivity contribution is -0.135. The monoisotopic (exact) mass is 381 g/mol. The summed E-state index contributed by atoms with van der Waals surface area (Å²) in [5.41, 5.74) is 3.27. The standard InChI is InChI=1S/C23H31N3O2/c1-18-7-5-10-22(19(18)2)28-16-12-23(27)26(17-20-8-3-4-14-25-20)21-9-6-13-24-15-11-21/h3-5,7-8,10,14,21,24H,6,9,11-13,15-17H2,1-2H3. The molecule has 150 valence electrons. The third-order valence-corrected chi connectivity index (χ3v) is 5.49. The van der Waals surface area contributed by atoms with Crippen molar-refractivity contribution in [3.63, 3.8) is 0 Å². The summed E-state index contributed by atoms with van der Waals surface area (Å²) in [7, 11) is 0. The van der Waals surface area contributed by atoms with Gasteiger partial charge in [-0.2, -0.15) is 0 Å². The highest BCUT2D eigenvalue weighted by Crippen LogP contribution is 2.21. The Morgan fingerprint density at radius 2 is 2.07 bits per heavy atom. The van der Waals surface area contributed by atoms with Crippen molar-refractivity contribution in [1.29, 1.82) is 0 Å². The van der Waals surface area contributed by atoms with E-state index in [9.17, 15) is 4.79 Å². The largest absolute Gasteiger partial charge is 0.493 e. The smallest absolute Gasteiger partial charge is 0.226 e. The SMILES string of the molecule is Cc1cccc(OCCC(=O)N(Cc2ccccn2)C2CCCNCC2)c1C. The van der Waals surface area contributed by atoms with E-state index in [2.05, 4.69) is 30.2 Å². The number of nitrogens with zero attached hydrogens (tertiary/aromatic N) is 2. The number of aromatic nitrogens is 1. The van der Waals surface area contributed by atoms with Crippen LogP contribution in [0.15, 0.2) is 42.6 Å². The molecule has 0 bridgehead atoms. The van der Waals surface area contributed by atoms with Crippen LogP contribution in [0.5, 0.6) is 5.75 Å². The molecule has 5 nitrogen and oxygen atoms in total. The van der Waals surface area contributed by atoms with E-state index in [-0.39, 0.29) is 11.9 Å². The fraction of sp³-hybridized carbons (Fsp3) is 0.478. The van der Waals surface area contributed by atoms with E-state index >= 15 is 0 Å². The molecule has 1 fully saturated rings. The molecule has 0 aliphatic carbocycles. The van der Waals surface area contributed by atoms with Gasteiger partial charge >= 0.3 is 0 Å². The van der Waals surface area contributed by atoms with Crippen LogP contribution in [0.25, 0.3) is 0 Å². The Bertz CT molecular complexity index is 756. The minimum absolute atomic E-state index is 0.142. The Morgan fingerprint density at radius 3 is 2.89 bits per heavy atom. The summed E-state index contributed by atoms with van der Waals surface area (Å²) in [4.78, 5) is 19.5. The van der Waals surface area contributed by atoms with E-state index in [1.165, 1.54) is 5.56 Å². The van der Waals surface area contributed by atoms with Crippen molar-refractivity contribution in [2.75, 3.05) is 19.7 Å². The Labute approximate surface area is 168 Å². The zero-order valence-electron chi connectivity index (χ0n) is 17.0. The first-order valence-electron chi connectivity index (χ1n) is 10.2. The molecule has 1 aliphatic heterocycles. The van der Waals surface area contributed by atoms with Gasteiger partial charge in [0.2, 0.25) is 5.91 Å². The Balaban J connectivity index is 1.64. The Morgan fingerprint density at radius 1 is 1.18 bits per heavy atom. The van der Waals surface area contributed by atoms with E-state index in [4.69, 9.17) is 4.74 Å². The summed E-state index contributed by atoms with van der Waals surface area (Å²) in [5, 5.41) is 3.43. The molecule has 1 unspecified atom stereocenters. The van der Waals surface area contributed by atoms with Crippen molar-refractivity contribution in [2.24, 2.45) is 0 Å². The number of nitrogens with one attached hydrogen (secondary N) is 1. The average molecular weight is 382 g/mol. The van der Waals surface area contributed by atoms with Gasteiger partial charge in [-0.3, -0.25) is 9.78 Å². The highest BCUT2D eigenvalue weighted by molar-refractivity contribution is 5.76. The molecular formula is C23H31N3O2. The molecule has 0 spiro atoms. The van der Waals surface area contributed by atoms with Crippen LogP contribution < -0.4 is 10.1 Å². The van der Waals surface area contributed by atoms with Gasteiger partial charge in [0.15, 0.2) is 0 Å². The summed E-state index contributed by atoms with van der Waals surface area (Å²) in [5.74, 6) is 1.01. The van der Waals surface area contributed by atoms with Crippen LogP contribution in [-0.2, 0) is 11.3 Å². The van der Waals surface area contributed by atoms with Gasteiger partial charge < -0.3 is 15.0 Å². The fourth-order valence-corrected chi connectivity index (χ4v) is 3.67. The molecule has 2 heterocycles. The van der Waals surface area contributed by atoms with Crippen molar-refractivity contribution in [1.82, 2.24) is 15.2 Å². The third-order valence-electron chi connectivity index (χ3n) is 5.49. The summed E-state index contributed by atoms with van der Waals surface area (Å²) in [6.45, 7) is 7.06. The summed E-state index contributed by atoms with van der Waals surface area (Å²) in [6, 6.07) is 12.2. The number of benzene rings is 1. The van der Waals surface area contributed by atoms with Crippen LogP contribution in [0.2, 0.25) is 0 Å². The number of carbonyl (C=O) groups is 1. The maximum absolute atomic E-state index is 13.1. The number of ether oxygens (including phenoxy) is 1. The second-order valence-electron chi connectivity index (χ2n) is 7.47. The number of pyridine rings is 1. The fourth-order valence-electron chi connectivity index (χ4n) is 3.67. The highest BCUT2D eigenvalue weighted by Gasteiger charge is 2.25. The van der Waals surface area contributed by atoms with Gasteiger partial charge in [0.05, 0.1) is 25.3 Å². The molecule has 28 heavy (non-hydrogen) atoms. The van der Waals surface area contributed by atoms with Crippen molar-refractivity contribution in [3.05, 3.63) is 59.4 Å². The first kappa shape index (κ1) is 20.3. The van der Waals surface area contributed by atoms with Gasteiger partial charge in [-0.1, -0.05) is 18.2 Å². The minimum Gasteiger partial charge on any atom is -0.493 e. The first-order chi connectivity index (χ1) is 13.6.